The van der Waals surface area contributed by atoms with Gasteiger partial charge >= 0.3 is 5.97 Å². The SMILES string of the molecule is O=C(O)CN1CCCC1COc1ccc(-n2nc3ccccc3c2Cl)cc1. The highest BCUT2D eigenvalue weighted by Crippen LogP contribution is 2.27. The highest BCUT2D eigenvalue weighted by molar-refractivity contribution is 6.34. The van der Waals surface area contributed by atoms with Gasteiger partial charge in [0.25, 0.3) is 0 Å². The van der Waals surface area contributed by atoms with Crippen molar-refractivity contribution in [2.45, 2.75) is 18.9 Å². The highest BCUT2D eigenvalue weighted by Gasteiger charge is 2.26. The molecule has 0 spiro atoms. The van der Waals surface area contributed by atoms with Crippen LogP contribution in [0.5, 0.6) is 5.75 Å². The van der Waals surface area contributed by atoms with Gasteiger partial charge in [-0.3, -0.25) is 9.69 Å². The van der Waals surface area contributed by atoms with Gasteiger partial charge < -0.3 is 9.84 Å². The maximum absolute atomic E-state index is 10.9. The van der Waals surface area contributed by atoms with Gasteiger partial charge in [0.15, 0.2) is 0 Å². The number of halogens is 1. The summed E-state index contributed by atoms with van der Waals surface area (Å²) in [5.41, 5.74) is 1.71. The van der Waals surface area contributed by atoms with Crippen molar-refractivity contribution in [3.05, 3.63) is 53.7 Å². The summed E-state index contributed by atoms with van der Waals surface area (Å²) in [6.07, 6.45) is 1.96. The van der Waals surface area contributed by atoms with E-state index in [0.29, 0.717) is 11.8 Å². The number of benzene rings is 2. The van der Waals surface area contributed by atoms with Crippen LogP contribution in [0.1, 0.15) is 12.8 Å². The van der Waals surface area contributed by atoms with Gasteiger partial charge in [-0.15, -0.1) is 0 Å². The van der Waals surface area contributed by atoms with E-state index in [1.807, 2.05) is 53.4 Å². The summed E-state index contributed by atoms with van der Waals surface area (Å²) in [5, 5.41) is 15.0. The molecular formula is C20H20ClN3O3. The number of aromatic nitrogens is 2. The smallest absolute Gasteiger partial charge is 0.317 e. The van der Waals surface area contributed by atoms with Crippen molar-refractivity contribution in [1.29, 1.82) is 0 Å². The zero-order valence-electron chi connectivity index (χ0n) is 14.7. The van der Waals surface area contributed by atoms with Gasteiger partial charge in [-0.25, -0.2) is 4.68 Å². The first-order chi connectivity index (χ1) is 13.1. The summed E-state index contributed by atoms with van der Waals surface area (Å²) in [5.74, 6) is -0.0523. The number of carbonyl (C=O) groups is 1. The molecule has 1 unspecified atom stereocenters. The van der Waals surface area contributed by atoms with Crippen LogP contribution < -0.4 is 4.74 Å². The van der Waals surface area contributed by atoms with Crippen molar-refractivity contribution in [2.75, 3.05) is 19.7 Å². The zero-order chi connectivity index (χ0) is 18.8. The molecule has 0 bridgehead atoms. The number of hydrogen-bond donors (Lipinski definition) is 1. The molecule has 3 aromatic rings. The van der Waals surface area contributed by atoms with Crippen molar-refractivity contribution in [3.63, 3.8) is 0 Å². The lowest BCUT2D eigenvalue weighted by Crippen LogP contribution is -2.37. The van der Waals surface area contributed by atoms with Gasteiger partial charge in [-0.2, -0.15) is 5.10 Å². The second-order valence-corrected chi connectivity index (χ2v) is 7.04. The summed E-state index contributed by atoms with van der Waals surface area (Å²) < 4.78 is 7.59. The van der Waals surface area contributed by atoms with Crippen molar-refractivity contribution in [2.24, 2.45) is 0 Å². The Morgan fingerprint density at radius 3 is 2.74 bits per heavy atom. The van der Waals surface area contributed by atoms with Crippen molar-refractivity contribution in [3.8, 4) is 11.4 Å². The monoisotopic (exact) mass is 385 g/mol. The van der Waals surface area contributed by atoms with E-state index in [0.717, 1.165) is 41.7 Å². The minimum atomic E-state index is -0.797. The summed E-state index contributed by atoms with van der Waals surface area (Å²) in [4.78, 5) is 12.9. The molecule has 27 heavy (non-hydrogen) atoms. The van der Waals surface area contributed by atoms with Crippen LogP contribution in [-0.2, 0) is 4.79 Å². The van der Waals surface area contributed by atoms with Gasteiger partial charge in [0.2, 0.25) is 0 Å². The topological polar surface area (TPSA) is 67.6 Å². The van der Waals surface area contributed by atoms with Crippen LogP contribution in [-0.4, -0.2) is 51.5 Å². The van der Waals surface area contributed by atoms with Crippen molar-refractivity contribution < 1.29 is 14.6 Å². The Labute approximate surface area is 161 Å². The Bertz CT molecular complexity index is 955. The molecule has 0 amide bonds. The van der Waals surface area contributed by atoms with Crippen LogP contribution in [0.3, 0.4) is 0 Å². The standard InChI is InChI=1S/C20H20ClN3O3/c21-20-17-5-1-2-6-18(17)22-24(20)14-7-9-16(10-8-14)27-13-15-4-3-11-23(15)12-19(25)26/h1-2,5-10,15H,3-4,11-13H2,(H,25,26). The maximum atomic E-state index is 10.9. The second kappa shape index (κ2) is 7.58. The fourth-order valence-corrected chi connectivity index (χ4v) is 3.81. The van der Waals surface area contributed by atoms with Gasteiger partial charge in [0.05, 0.1) is 17.7 Å². The Balaban J connectivity index is 1.44. The predicted octanol–water partition coefficient (Wildman–Crippen LogP) is 3.61. The molecule has 1 atom stereocenters. The average Bonchev–Trinajstić information content (AvgIpc) is 3.24. The molecule has 1 saturated heterocycles. The molecule has 0 saturated carbocycles. The molecule has 2 heterocycles. The fraction of sp³-hybridized carbons (Fsp3) is 0.300. The average molecular weight is 386 g/mol. The van der Waals surface area contributed by atoms with Gasteiger partial charge in [-0.1, -0.05) is 23.7 Å². The van der Waals surface area contributed by atoms with Crippen LogP contribution in [0.2, 0.25) is 5.15 Å². The van der Waals surface area contributed by atoms with Gasteiger partial charge in [0.1, 0.15) is 17.5 Å². The summed E-state index contributed by atoms with van der Waals surface area (Å²) >= 11 is 6.45. The molecule has 140 valence electrons. The molecule has 2 aromatic carbocycles. The third kappa shape index (κ3) is 3.77. The molecule has 1 N–H and O–H groups in total. The molecular weight excluding hydrogens is 366 g/mol. The molecule has 6 nitrogen and oxygen atoms in total. The van der Waals surface area contributed by atoms with E-state index >= 15 is 0 Å². The molecule has 1 aliphatic rings. The van der Waals surface area contributed by atoms with Crippen LogP contribution in [0.4, 0.5) is 0 Å². The highest BCUT2D eigenvalue weighted by atomic mass is 35.5. The lowest BCUT2D eigenvalue weighted by Gasteiger charge is -2.22. The number of carboxylic acids is 1. The first-order valence-corrected chi connectivity index (χ1v) is 9.32. The molecule has 1 fully saturated rings. The number of rotatable bonds is 6. The molecule has 1 aliphatic heterocycles. The lowest BCUT2D eigenvalue weighted by atomic mass is 10.2. The number of nitrogens with zero attached hydrogens (tertiary/aromatic N) is 3. The minimum absolute atomic E-state index is 0.0678. The van der Waals surface area contributed by atoms with Crippen LogP contribution in [0.25, 0.3) is 16.6 Å². The third-order valence-corrected chi connectivity index (χ3v) is 5.24. The Hall–Kier alpha value is -2.57. The largest absolute Gasteiger partial charge is 0.492 e. The predicted molar refractivity (Wildman–Crippen MR) is 104 cm³/mol. The van der Waals surface area contributed by atoms with Crippen LogP contribution in [0.15, 0.2) is 48.5 Å². The third-order valence-electron chi connectivity index (χ3n) is 4.88. The van der Waals surface area contributed by atoms with Crippen LogP contribution in [0, 0.1) is 0 Å². The van der Waals surface area contributed by atoms with Crippen molar-refractivity contribution in [1.82, 2.24) is 14.7 Å². The van der Waals surface area contributed by atoms with E-state index in [1.54, 1.807) is 4.68 Å². The number of carboxylic acid groups (broad SMARTS) is 1. The molecule has 1 aromatic heterocycles. The molecule has 7 heteroatoms. The number of likely N-dealkylation sites (tertiary alicyclic amines) is 1. The lowest BCUT2D eigenvalue weighted by molar-refractivity contribution is -0.138. The van der Waals surface area contributed by atoms with Crippen molar-refractivity contribution >= 4 is 28.5 Å². The Morgan fingerprint density at radius 1 is 1.22 bits per heavy atom. The first-order valence-electron chi connectivity index (χ1n) is 8.94. The maximum Gasteiger partial charge on any atom is 0.317 e. The van der Waals surface area contributed by atoms with E-state index in [2.05, 4.69) is 5.10 Å². The minimum Gasteiger partial charge on any atom is -0.492 e. The summed E-state index contributed by atoms with van der Waals surface area (Å²) in [7, 11) is 0. The van der Waals surface area contributed by atoms with E-state index in [4.69, 9.17) is 21.4 Å². The summed E-state index contributed by atoms with van der Waals surface area (Å²) in [6.45, 7) is 1.36. The van der Waals surface area contributed by atoms with E-state index in [1.165, 1.54) is 0 Å². The number of fused-ring (bicyclic) bond motifs is 1. The molecule has 4 rings (SSSR count). The quantitative estimate of drug-likeness (QED) is 0.702. The first kappa shape index (κ1) is 17.8. The summed E-state index contributed by atoms with van der Waals surface area (Å²) in [6, 6.07) is 15.5. The number of aliphatic carboxylic acids is 1. The van der Waals surface area contributed by atoms with Gasteiger partial charge in [0, 0.05) is 11.4 Å². The Kier molecular flexibility index (Phi) is 5.01. The van der Waals surface area contributed by atoms with E-state index < -0.39 is 5.97 Å². The number of hydrogen-bond acceptors (Lipinski definition) is 4. The fourth-order valence-electron chi connectivity index (χ4n) is 3.51. The Morgan fingerprint density at radius 2 is 2.00 bits per heavy atom. The zero-order valence-corrected chi connectivity index (χ0v) is 15.5. The van der Waals surface area contributed by atoms with Crippen LogP contribution >= 0.6 is 11.6 Å². The molecule has 0 aliphatic carbocycles. The molecule has 0 radical (unpaired) electrons. The normalized spacial score (nSPS) is 17.4. The second-order valence-electron chi connectivity index (χ2n) is 6.68. The van der Waals surface area contributed by atoms with Gasteiger partial charge in [-0.05, 0) is 55.8 Å². The number of ether oxygens (including phenoxy) is 1. The van der Waals surface area contributed by atoms with E-state index in [9.17, 15) is 4.79 Å². The van der Waals surface area contributed by atoms with E-state index in [-0.39, 0.29) is 12.6 Å².